The van der Waals surface area contributed by atoms with Crippen molar-refractivity contribution in [3.8, 4) is 0 Å². The third-order valence-electron chi connectivity index (χ3n) is 2.14. The lowest BCUT2D eigenvalue weighted by molar-refractivity contribution is -0.122. The van der Waals surface area contributed by atoms with E-state index in [-0.39, 0.29) is 11.9 Å². The summed E-state index contributed by atoms with van der Waals surface area (Å²) in [7, 11) is 0. The maximum Gasteiger partial charge on any atom is 0.237 e. The molecule has 0 aromatic heterocycles. The minimum absolute atomic E-state index is 0.0425. The highest BCUT2D eigenvalue weighted by atomic mass is 79.9. The van der Waals surface area contributed by atoms with Gasteiger partial charge in [-0.05, 0) is 25.5 Å². The van der Waals surface area contributed by atoms with Crippen LogP contribution in [0.25, 0.3) is 0 Å². The maximum absolute atomic E-state index is 11.4. The second-order valence-electron chi connectivity index (χ2n) is 3.54. The zero-order valence-electron chi connectivity index (χ0n) is 8.83. The molecule has 0 heterocycles. The fourth-order valence-corrected chi connectivity index (χ4v) is 1.88. The smallest absolute Gasteiger partial charge is 0.237 e. The molecule has 1 aromatic carbocycles. The van der Waals surface area contributed by atoms with Gasteiger partial charge < -0.3 is 11.1 Å². The van der Waals surface area contributed by atoms with E-state index in [1.54, 1.807) is 6.92 Å². The van der Waals surface area contributed by atoms with Gasteiger partial charge in [0, 0.05) is 4.47 Å². The number of benzene rings is 1. The van der Waals surface area contributed by atoms with Crippen LogP contribution in [0.2, 0.25) is 0 Å². The number of carbonyl (C=O) groups excluding carboxylic acids is 1. The third-order valence-corrected chi connectivity index (χ3v) is 2.87. The van der Waals surface area contributed by atoms with Crippen molar-refractivity contribution in [3.63, 3.8) is 0 Å². The minimum Gasteiger partial charge on any atom is -0.348 e. The summed E-state index contributed by atoms with van der Waals surface area (Å²) in [6.45, 7) is 3.60. The summed E-state index contributed by atoms with van der Waals surface area (Å²) in [5.41, 5.74) is 6.52. The van der Waals surface area contributed by atoms with Crippen molar-refractivity contribution >= 4 is 21.8 Å². The fourth-order valence-electron chi connectivity index (χ4n) is 1.25. The van der Waals surface area contributed by atoms with Gasteiger partial charge in [0.25, 0.3) is 0 Å². The predicted octanol–water partition coefficient (Wildman–Crippen LogP) is 1.97. The highest BCUT2D eigenvalue weighted by Gasteiger charge is 2.13. The van der Waals surface area contributed by atoms with E-state index in [0.717, 1.165) is 10.0 Å². The molecule has 4 heteroatoms. The van der Waals surface area contributed by atoms with Crippen molar-refractivity contribution in [2.24, 2.45) is 5.73 Å². The molecule has 3 N–H and O–H groups in total. The molecule has 3 nitrogen and oxygen atoms in total. The molecule has 1 amide bonds. The molecule has 0 aliphatic rings. The average molecular weight is 271 g/mol. The van der Waals surface area contributed by atoms with Crippen molar-refractivity contribution in [2.45, 2.75) is 25.9 Å². The zero-order chi connectivity index (χ0) is 11.4. The number of halogens is 1. The molecule has 0 bridgehead atoms. The summed E-state index contributed by atoms with van der Waals surface area (Å²) in [4.78, 5) is 11.4. The van der Waals surface area contributed by atoms with Gasteiger partial charge in [-0.2, -0.15) is 0 Å². The van der Waals surface area contributed by atoms with Crippen molar-refractivity contribution in [3.05, 3.63) is 34.3 Å². The summed E-state index contributed by atoms with van der Waals surface area (Å²) in [5.74, 6) is -0.141. The first kappa shape index (κ1) is 12.2. The number of amides is 1. The summed E-state index contributed by atoms with van der Waals surface area (Å²) in [5, 5.41) is 2.84. The molecule has 0 aliphatic carbocycles. The maximum atomic E-state index is 11.4. The second kappa shape index (κ2) is 5.28. The van der Waals surface area contributed by atoms with Crippen LogP contribution in [0.3, 0.4) is 0 Å². The molecule has 1 aromatic rings. The van der Waals surface area contributed by atoms with Gasteiger partial charge in [-0.15, -0.1) is 0 Å². The van der Waals surface area contributed by atoms with Gasteiger partial charge in [0.2, 0.25) is 5.91 Å². The number of nitrogens with two attached hydrogens (primary N) is 1. The van der Waals surface area contributed by atoms with E-state index in [0.29, 0.717) is 0 Å². The molecular formula is C11H15BrN2O. The Morgan fingerprint density at radius 1 is 1.40 bits per heavy atom. The van der Waals surface area contributed by atoms with Gasteiger partial charge in [0.1, 0.15) is 0 Å². The highest BCUT2D eigenvalue weighted by Crippen LogP contribution is 2.22. The van der Waals surface area contributed by atoms with Crippen LogP contribution in [-0.2, 0) is 4.79 Å². The summed E-state index contributed by atoms with van der Waals surface area (Å²) < 4.78 is 0.988. The van der Waals surface area contributed by atoms with Crippen LogP contribution in [0.5, 0.6) is 0 Å². The van der Waals surface area contributed by atoms with Crippen molar-refractivity contribution in [1.82, 2.24) is 5.32 Å². The van der Waals surface area contributed by atoms with E-state index in [1.807, 2.05) is 31.2 Å². The SMILES string of the molecule is C[C@H](N)C(=O)N[C@@H](C)c1ccccc1Br. The molecule has 0 unspecified atom stereocenters. The molecule has 82 valence electrons. The van der Waals surface area contributed by atoms with E-state index < -0.39 is 6.04 Å². The minimum atomic E-state index is -0.477. The summed E-state index contributed by atoms with van der Waals surface area (Å²) in [6.07, 6.45) is 0. The molecule has 15 heavy (non-hydrogen) atoms. The van der Waals surface area contributed by atoms with E-state index in [9.17, 15) is 4.79 Å². The van der Waals surface area contributed by atoms with Gasteiger partial charge >= 0.3 is 0 Å². The average Bonchev–Trinajstić information content (AvgIpc) is 2.18. The van der Waals surface area contributed by atoms with E-state index in [4.69, 9.17) is 5.73 Å². The van der Waals surface area contributed by atoms with Crippen LogP contribution in [-0.4, -0.2) is 11.9 Å². The van der Waals surface area contributed by atoms with Crippen LogP contribution in [0.1, 0.15) is 25.5 Å². The zero-order valence-corrected chi connectivity index (χ0v) is 10.4. The van der Waals surface area contributed by atoms with Crippen LogP contribution >= 0.6 is 15.9 Å². The van der Waals surface area contributed by atoms with Crippen molar-refractivity contribution < 1.29 is 4.79 Å². The van der Waals surface area contributed by atoms with E-state index in [1.165, 1.54) is 0 Å². The molecule has 1 rings (SSSR count). The number of rotatable bonds is 3. The standard InChI is InChI=1S/C11H15BrN2O/c1-7(13)11(15)14-8(2)9-5-3-4-6-10(9)12/h3-8H,13H2,1-2H3,(H,14,15)/t7-,8-/m0/s1. The lowest BCUT2D eigenvalue weighted by Gasteiger charge is -2.17. The van der Waals surface area contributed by atoms with Gasteiger partial charge in [-0.1, -0.05) is 34.1 Å². The van der Waals surface area contributed by atoms with Gasteiger partial charge in [0.05, 0.1) is 12.1 Å². The first-order valence-electron chi connectivity index (χ1n) is 4.82. The lowest BCUT2D eigenvalue weighted by atomic mass is 10.1. The molecule has 0 saturated carbocycles. The number of nitrogens with one attached hydrogen (secondary N) is 1. The largest absolute Gasteiger partial charge is 0.348 e. The molecule has 0 aliphatic heterocycles. The predicted molar refractivity (Wildman–Crippen MR) is 64.3 cm³/mol. The van der Waals surface area contributed by atoms with Gasteiger partial charge in [-0.25, -0.2) is 0 Å². The highest BCUT2D eigenvalue weighted by molar-refractivity contribution is 9.10. The van der Waals surface area contributed by atoms with E-state index in [2.05, 4.69) is 21.2 Å². The second-order valence-corrected chi connectivity index (χ2v) is 4.39. The van der Waals surface area contributed by atoms with Crippen molar-refractivity contribution in [2.75, 3.05) is 0 Å². The van der Waals surface area contributed by atoms with Crippen LogP contribution in [0.4, 0.5) is 0 Å². The Balaban J connectivity index is 2.73. The van der Waals surface area contributed by atoms with Crippen LogP contribution < -0.4 is 11.1 Å². The number of hydrogen-bond acceptors (Lipinski definition) is 2. The quantitative estimate of drug-likeness (QED) is 0.883. The molecule has 0 spiro atoms. The molecule has 2 atom stereocenters. The first-order chi connectivity index (χ1) is 7.02. The fraction of sp³-hybridized carbons (Fsp3) is 0.364. The Hall–Kier alpha value is -0.870. The molecular weight excluding hydrogens is 256 g/mol. The molecule has 0 radical (unpaired) electrons. The Morgan fingerprint density at radius 2 is 2.00 bits per heavy atom. The van der Waals surface area contributed by atoms with E-state index >= 15 is 0 Å². The normalized spacial score (nSPS) is 14.4. The Morgan fingerprint density at radius 3 is 2.53 bits per heavy atom. The summed E-state index contributed by atoms with van der Waals surface area (Å²) >= 11 is 3.44. The Bertz CT molecular complexity index is 352. The monoisotopic (exact) mass is 270 g/mol. The third kappa shape index (κ3) is 3.32. The number of hydrogen-bond donors (Lipinski definition) is 2. The Kier molecular flexibility index (Phi) is 4.29. The first-order valence-corrected chi connectivity index (χ1v) is 5.62. The van der Waals surface area contributed by atoms with Gasteiger partial charge in [0.15, 0.2) is 0 Å². The topological polar surface area (TPSA) is 55.1 Å². The Labute approximate surface area is 98.2 Å². The molecule has 0 fully saturated rings. The number of carbonyl (C=O) groups is 1. The van der Waals surface area contributed by atoms with Crippen LogP contribution in [0, 0.1) is 0 Å². The lowest BCUT2D eigenvalue weighted by Crippen LogP contribution is -2.39. The van der Waals surface area contributed by atoms with Crippen LogP contribution in [0.15, 0.2) is 28.7 Å². The van der Waals surface area contributed by atoms with Crippen molar-refractivity contribution in [1.29, 1.82) is 0 Å². The molecule has 0 saturated heterocycles. The van der Waals surface area contributed by atoms with Gasteiger partial charge in [-0.3, -0.25) is 4.79 Å². The summed E-state index contributed by atoms with van der Waals surface area (Å²) in [6, 6.07) is 7.27.